The molecule has 0 aliphatic rings. The third-order valence-corrected chi connectivity index (χ3v) is 3.18. The minimum absolute atomic E-state index is 0.0723. The highest BCUT2D eigenvalue weighted by atomic mass is 35.5. The minimum Gasteiger partial charge on any atom is -0.297 e. The fraction of sp³-hybridized carbons (Fsp3) is 0.167. The zero-order valence-electron chi connectivity index (χ0n) is 9.54. The summed E-state index contributed by atoms with van der Waals surface area (Å²) in [5.74, 6) is 0. The van der Waals surface area contributed by atoms with E-state index in [1.54, 1.807) is 18.2 Å². The molecule has 18 heavy (non-hydrogen) atoms. The summed E-state index contributed by atoms with van der Waals surface area (Å²) in [6.45, 7) is 0. The molecule has 6 heteroatoms. The number of nitrogens with one attached hydrogen (secondary N) is 1. The maximum atomic E-state index is 11.9. The summed E-state index contributed by atoms with van der Waals surface area (Å²) in [5.41, 5.74) is 0.276. The van der Waals surface area contributed by atoms with Crippen molar-refractivity contribution in [2.45, 2.75) is 6.42 Å². The first kappa shape index (κ1) is 12.9. The van der Waals surface area contributed by atoms with Gasteiger partial charge in [0.25, 0.3) is 5.56 Å². The SMILES string of the molecule is Cn1c(=O)[nH]c(Cl)c(Cc2cccc(Cl)c2)c1=O. The first-order valence-electron chi connectivity index (χ1n) is 5.21. The van der Waals surface area contributed by atoms with Crippen molar-refractivity contribution in [3.63, 3.8) is 0 Å². The van der Waals surface area contributed by atoms with Gasteiger partial charge in [-0.05, 0) is 17.7 Å². The molecule has 0 aliphatic heterocycles. The Balaban J connectivity index is 2.51. The average molecular weight is 285 g/mol. The maximum Gasteiger partial charge on any atom is 0.329 e. The molecule has 0 bridgehead atoms. The van der Waals surface area contributed by atoms with Crippen LogP contribution in [0, 0.1) is 0 Å². The predicted molar refractivity (Wildman–Crippen MR) is 71.6 cm³/mol. The summed E-state index contributed by atoms with van der Waals surface area (Å²) in [6, 6.07) is 7.13. The Labute approximate surface area is 113 Å². The molecular weight excluding hydrogens is 275 g/mol. The summed E-state index contributed by atoms with van der Waals surface area (Å²) in [7, 11) is 1.40. The van der Waals surface area contributed by atoms with Crippen LogP contribution in [0.25, 0.3) is 0 Å². The monoisotopic (exact) mass is 284 g/mol. The second kappa shape index (κ2) is 5.00. The summed E-state index contributed by atoms with van der Waals surface area (Å²) in [6.07, 6.45) is 0.322. The molecule has 1 heterocycles. The van der Waals surface area contributed by atoms with Crippen LogP contribution >= 0.6 is 23.2 Å². The van der Waals surface area contributed by atoms with Gasteiger partial charge < -0.3 is 0 Å². The standard InChI is InChI=1S/C12H10Cl2N2O2/c1-16-11(17)9(10(14)15-12(16)18)6-7-3-2-4-8(13)5-7/h2-5H,6H2,1H3,(H,15,18). The second-order valence-corrected chi connectivity index (χ2v) is 4.71. The molecule has 0 radical (unpaired) electrons. The van der Waals surface area contributed by atoms with E-state index in [-0.39, 0.29) is 5.15 Å². The largest absolute Gasteiger partial charge is 0.329 e. The molecule has 0 fully saturated rings. The topological polar surface area (TPSA) is 54.9 Å². The number of aromatic nitrogens is 2. The van der Waals surface area contributed by atoms with Crippen LogP contribution in [0.2, 0.25) is 10.2 Å². The molecule has 2 aromatic rings. The zero-order chi connectivity index (χ0) is 13.3. The predicted octanol–water partition coefficient (Wildman–Crippen LogP) is 1.97. The molecule has 0 saturated carbocycles. The first-order chi connectivity index (χ1) is 8.49. The summed E-state index contributed by atoms with van der Waals surface area (Å²) in [4.78, 5) is 25.7. The van der Waals surface area contributed by atoms with E-state index in [1.165, 1.54) is 7.05 Å². The fourth-order valence-electron chi connectivity index (χ4n) is 1.65. The lowest BCUT2D eigenvalue weighted by atomic mass is 10.1. The number of hydrogen-bond donors (Lipinski definition) is 1. The van der Waals surface area contributed by atoms with Crippen LogP contribution in [0.3, 0.4) is 0 Å². The highest BCUT2D eigenvalue weighted by Crippen LogP contribution is 2.16. The van der Waals surface area contributed by atoms with Crippen molar-refractivity contribution in [2.24, 2.45) is 7.05 Å². The van der Waals surface area contributed by atoms with Gasteiger partial charge in [-0.2, -0.15) is 0 Å². The van der Waals surface area contributed by atoms with Crippen LogP contribution in [-0.4, -0.2) is 9.55 Å². The van der Waals surface area contributed by atoms with E-state index in [0.717, 1.165) is 10.1 Å². The number of hydrogen-bond acceptors (Lipinski definition) is 2. The Morgan fingerprint density at radius 3 is 2.67 bits per heavy atom. The Kier molecular flexibility index (Phi) is 3.59. The van der Waals surface area contributed by atoms with Crippen LogP contribution in [0.5, 0.6) is 0 Å². The molecule has 4 nitrogen and oxygen atoms in total. The number of rotatable bonds is 2. The van der Waals surface area contributed by atoms with Crippen molar-refractivity contribution >= 4 is 23.2 Å². The average Bonchev–Trinajstić information content (AvgIpc) is 2.32. The van der Waals surface area contributed by atoms with E-state index in [2.05, 4.69) is 4.98 Å². The molecule has 94 valence electrons. The lowest BCUT2D eigenvalue weighted by Gasteiger charge is -2.06. The van der Waals surface area contributed by atoms with E-state index in [4.69, 9.17) is 23.2 Å². The van der Waals surface area contributed by atoms with Crippen LogP contribution in [0.15, 0.2) is 33.9 Å². The Bertz CT molecular complexity index is 704. The van der Waals surface area contributed by atoms with Crippen molar-refractivity contribution in [3.05, 3.63) is 66.4 Å². The number of nitrogens with zero attached hydrogens (tertiary/aromatic N) is 1. The third kappa shape index (κ3) is 2.49. The van der Waals surface area contributed by atoms with Gasteiger partial charge in [-0.15, -0.1) is 0 Å². The number of benzene rings is 1. The molecule has 1 aromatic carbocycles. The minimum atomic E-state index is -0.528. The smallest absolute Gasteiger partial charge is 0.297 e. The highest BCUT2D eigenvalue weighted by molar-refractivity contribution is 6.30. The normalized spacial score (nSPS) is 10.6. The van der Waals surface area contributed by atoms with Crippen molar-refractivity contribution < 1.29 is 0 Å². The van der Waals surface area contributed by atoms with E-state index < -0.39 is 11.2 Å². The third-order valence-electron chi connectivity index (χ3n) is 2.62. The summed E-state index contributed by atoms with van der Waals surface area (Å²) >= 11 is 11.8. The van der Waals surface area contributed by atoms with Gasteiger partial charge in [-0.1, -0.05) is 35.3 Å². The van der Waals surface area contributed by atoms with Gasteiger partial charge in [-0.3, -0.25) is 14.3 Å². The van der Waals surface area contributed by atoms with Crippen LogP contribution in [-0.2, 0) is 13.5 Å². The molecule has 1 N–H and O–H groups in total. The molecule has 0 atom stereocenters. The Hall–Kier alpha value is -1.52. The van der Waals surface area contributed by atoms with Gasteiger partial charge in [0.2, 0.25) is 0 Å². The van der Waals surface area contributed by atoms with Crippen molar-refractivity contribution in [3.8, 4) is 0 Å². The van der Waals surface area contributed by atoms with Crippen molar-refractivity contribution in [2.75, 3.05) is 0 Å². The Morgan fingerprint density at radius 1 is 1.28 bits per heavy atom. The van der Waals surface area contributed by atoms with E-state index in [1.807, 2.05) is 6.07 Å². The lowest BCUT2D eigenvalue weighted by molar-refractivity contribution is 0.758. The van der Waals surface area contributed by atoms with Gasteiger partial charge in [0.15, 0.2) is 0 Å². The van der Waals surface area contributed by atoms with Crippen LogP contribution in [0.4, 0.5) is 0 Å². The molecule has 1 aromatic heterocycles. The Morgan fingerprint density at radius 2 is 2.00 bits per heavy atom. The lowest BCUT2D eigenvalue weighted by Crippen LogP contribution is -2.35. The number of halogens is 2. The van der Waals surface area contributed by atoms with Gasteiger partial charge >= 0.3 is 5.69 Å². The van der Waals surface area contributed by atoms with E-state index >= 15 is 0 Å². The van der Waals surface area contributed by atoms with Crippen molar-refractivity contribution in [1.82, 2.24) is 9.55 Å². The maximum absolute atomic E-state index is 11.9. The molecular formula is C12H10Cl2N2O2. The van der Waals surface area contributed by atoms with Crippen molar-refractivity contribution in [1.29, 1.82) is 0 Å². The summed E-state index contributed by atoms with van der Waals surface area (Å²) in [5, 5.41) is 0.660. The molecule has 2 rings (SSSR count). The molecule has 0 saturated heterocycles. The number of H-pyrrole nitrogens is 1. The molecule has 0 spiro atoms. The highest BCUT2D eigenvalue weighted by Gasteiger charge is 2.11. The molecule has 0 amide bonds. The van der Waals surface area contributed by atoms with Gasteiger partial charge in [0.05, 0.1) is 5.56 Å². The van der Waals surface area contributed by atoms with E-state index in [0.29, 0.717) is 17.0 Å². The fourth-order valence-corrected chi connectivity index (χ4v) is 2.09. The molecule has 0 aliphatic carbocycles. The van der Waals surface area contributed by atoms with Gasteiger partial charge in [0, 0.05) is 18.5 Å². The van der Waals surface area contributed by atoms with Crippen LogP contribution in [0.1, 0.15) is 11.1 Å². The quantitative estimate of drug-likeness (QED) is 0.858. The second-order valence-electron chi connectivity index (χ2n) is 3.89. The first-order valence-corrected chi connectivity index (χ1v) is 5.97. The number of aromatic amines is 1. The van der Waals surface area contributed by atoms with Gasteiger partial charge in [0.1, 0.15) is 5.15 Å². The zero-order valence-corrected chi connectivity index (χ0v) is 11.0. The van der Waals surface area contributed by atoms with E-state index in [9.17, 15) is 9.59 Å². The molecule has 0 unspecified atom stereocenters. The van der Waals surface area contributed by atoms with Gasteiger partial charge in [-0.25, -0.2) is 4.79 Å². The summed E-state index contributed by atoms with van der Waals surface area (Å²) < 4.78 is 0.992. The van der Waals surface area contributed by atoms with Crippen LogP contribution < -0.4 is 11.2 Å².